The maximum absolute atomic E-state index is 15.3. The van der Waals surface area contributed by atoms with E-state index in [9.17, 15) is 15.0 Å². The van der Waals surface area contributed by atoms with E-state index in [2.05, 4.69) is 12.2 Å². The van der Waals surface area contributed by atoms with Crippen molar-refractivity contribution in [2.75, 3.05) is 13.9 Å². The lowest BCUT2D eigenvalue weighted by atomic mass is 9.37. The van der Waals surface area contributed by atoms with Crippen LogP contribution in [0.2, 0.25) is 0 Å². The molecule has 1 aromatic carbocycles. The van der Waals surface area contributed by atoms with E-state index in [4.69, 9.17) is 9.47 Å². The number of rotatable bonds is 13. The highest BCUT2D eigenvalue weighted by Crippen LogP contribution is 2.67. The Morgan fingerprint density at radius 2 is 1.47 bits per heavy atom. The molecule has 7 nitrogen and oxygen atoms in total. The number of phenolic OH excluding ortho intramolecular Hbond substituents is 1. The van der Waals surface area contributed by atoms with Crippen LogP contribution in [-0.2, 0) is 19.1 Å². The highest BCUT2D eigenvalue weighted by atomic mass is 16.7. The van der Waals surface area contributed by atoms with E-state index in [-0.39, 0.29) is 60.4 Å². The minimum Gasteiger partial charge on any atom is -0.506 e. The molecule has 256 valence electrons. The van der Waals surface area contributed by atoms with Crippen molar-refractivity contribution in [1.82, 2.24) is 0 Å². The van der Waals surface area contributed by atoms with Crippen LogP contribution >= 0.6 is 0 Å². The van der Waals surface area contributed by atoms with E-state index in [0.29, 0.717) is 19.3 Å². The highest BCUT2D eigenvalue weighted by Gasteiger charge is 2.74. The lowest BCUT2D eigenvalue weighted by Crippen LogP contribution is -2.70. The lowest BCUT2D eigenvalue weighted by molar-refractivity contribution is -0.178. The van der Waals surface area contributed by atoms with Gasteiger partial charge in [0, 0.05) is 12.7 Å². The van der Waals surface area contributed by atoms with Crippen LogP contribution in [0.4, 0.5) is 0 Å². The zero-order valence-electron chi connectivity index (χ0n) is 30.0. The van der Waals surface area contributed by atoms with Gasteiger partial charge >= 0.3 is 0 Å². The molecule has 0 aliphatic heterocycles. The van der Waals surface area contributed by atoms with Crippen molar-refractivity contribution in [2.24, 2.45) is 22.2 Å². The fourth-order valence-electron chi connectivity index (χ4n) is 7.36. The zero-order valence-corrected chi connectivity index (χ0v) is 30.0. The maximum Gasteiger partial charge on any atom is 0.188 e. The number of fused-ring (bicyclic) bond motifs is 2. The molecule has 0 aromatic heterocycles. The van der Waals surface area contributed by atoms with Crippen molar-refractivity contribution in [2.45, 2.75) is 101 Å². The third-order valence-corrected chi connectivity index (χ3v) is 10.1. The number of phenols is 1. The van der Waals surface area contributed by atoms with Gasteiger partial charge in [0.05, 0.1) is 5.41 Å². The molecular weight excluding hydrogens is 592 g/mol. The summed E-state index contributed by atoms with van der Waals surface area (Å²) in [7, 11) is 1.45. The standard InChI is InChI=1S/C40H54O7/c1-25(2)12-11-19-38(9)30(15-13-26(3)4)23-39(20-17-27(5)6)35(43)33(36(44)40(38,37(39)45)21-18-28(7)8)34(42)29-14-16-32(31(41)22-29)47-24-46-10/h12-14,16-18,22,30,41-42H,11,15,19-21,23-24H2,1-10H3/t30-,38+,39-,40+/m0/s1. The average Bonchev–Trinajstić information content (AvgIpc) is 2.98. The Bertz CT molecular complexity index is 1540. The van der Waals surface area contributed by atoms with Crippen LogP contribution in [0.3, 0.4) is 0 Å². The largest absolute Gasteiger partial charge is 0.506 e. The number of hydrogen-bond donors (Lipinski definition) is 2. The molecular formula is C40H54O7. The van der Waals surface area contributed by atoms with Crippen LogP contribution in [0, 0.1) is 22.2 Å². The number of benzene rings is 1. The molecule has 2 bridgehead atoms. The van der Waals surface area contributed by atoms with E-state index in [1.807, 2.05) is 74.5 Å². The van der Waals surface area contributed by atoms with Gasteiger partial charge in [0.25, 0.3) is 0 Å². The summed E-state index contributed by atoms with van der Waals surface area (Å²) in [6.07, 6.45) is 10.5. The number of ether oxygens (including phenoxy) is 2. The number of methoxy groups -OCH3 is 1. The van der Waals surface area contributed by atoms with Gasteiger partial charge in [0.2, 0.25) is 0 Å². The molecule has 2 fully saturated rings. The van der Waals surface area contributed by atoms with E-state index in [1.165, 1.54) is 25.3 Å². The Hall–Kier alpha value is -3.71. The van der Waals surface area contributed by atoms with Crippen molar-refractivity contribution in [1.29, 1.82) is 0 Å². The van der Waals surface area contributed by atoms with Crippen LogP contribution in [0.1, 0.15) is 106 Å². The van der Waals surface area contributed by atoms with Crippen molar-refractivity contribution < 1.29 is 34.1 Å². The predicted octanol–water partition coefficient (Wildman–Crippen LogP) is 9.18. The molecule has 2 aliphatic carbocycles. The third kappa shape index (κ3) is 7.25. The molecule has 7 heteroatoms. The molecule has 0 saturated heterocycles. The minimum atomic E-state index is -1.60. The molecule has 0 spiro atoms. The van der Waals surface area contributed by atoms with Gasteiger partial charge in [-0.3, -0.25) is 14.4 Å². The Kier molecular flexibility index (Phi) is 12.1. The number of aliphatic hydroxyl groups excluding tert-OH is 1. The molecule has 2 N–H and O–H groups in total. The minimum absolute atomic E-state index is 0.0819. The molecule has 4 atom stereocenters. The van der Waals surface area contributed by atoms with E-state index >= 15 is 9.59 Å². The summed E-state index contributed by atoms with van der Waals surface area (Å²) in [5.41, 5.74) is -0.0828. The van der Waals surface area contributed by atoms with Crippen LogP contribution in [0.25, 0.3) is 5.76 Å². The van der Waals surface area contributed by atoms with Gasteiger partial charge in [0.1, 0.15) is 16.7 Å². The van der Waals surface area contributed by atoms with Crippen molar-refractivity contribution in [3.05, 3.63) is 75.9 Å². The molecule has 2 saturated carbocycles. The summed E-state index contributed by atoms with van der Waals surface area (Å²) < 4.78 is 10.3. The fourth-order valence-corrected chi connectivity index (χ4v) is 7.36. The zero-order chi connectivity index (χ0) is 35.3. The average molecular weight is 647 g/mol. The fraction of sp³-hybridized carbons (Fsp3) is 0.525. The molecule has 0 heterocycles. The number of allylic oxidation sites excluding steroid dienone is 9. The first-order chi connectivity index (χ1) is 22.0. The number of carbonyl (C=O) groups is 3. The number of ketones is 3. The Morgan fingerprint density at radius 1 is 0.872 bits per heavy atom. The van der Waals surface area contributed by atoms with Gasteiger partial charge in [0.15, 0.2) is 35.6 Å². The van der Waals surface area contributed by atoms with Crippen molar-refractivity contribution >= 4 is 23.1 Å². The van der Waals surface area contributed by atoms with E-state index in [0.717, 1.165) is 22.3 Å². The summed E-state index contributed by atoms with van der Waals surface area (Å²) >= 11 is 0. The smallest absolute Gasteiger partial charge is 0.188 e. The second-order valence-corrected chi connectivity index (χ2v) is 14.6. The van der Waals surface area contributed by atoms with Crippen LogP contribution < -0.4 is 4.74 Å². The van der Waals surface area contributed by atoms with Crippen LogP contribution in [0.15, 0.2) is 70.4 Å². The first-order valence-electron chi connectivity index (χ1n) is 16.5. The number of aromatic hydroxyl groups is 1. The van der Waals surface area contributed by atoms with Crippen LogP contribution in [0.5, 0.6) is 11.5 Å². The quantitative estimate of drug-likeness (QED) is 0.0549. The molecule has 0 radical (unpaired) electrons. The van der Waals surface area contributed by atoms with Gasteiger partial charge in [-0.15, -0.1) is 0 Å². The summed E-state index contributed by atoms with van der Waals surface area (Å²) in [5, 5.41) is 22.6. The number of aliphatic hydroxyl groups is 1. The van der Waals surface area contributed by atoms with E-state index in [1.54, 1.807) is 0 Å². The van der Waals surface area contributed by atoms with Gasteiger partial charge < -0.3 is 19.7 Å². The first kappa shape index (κ1) is 37.7. The second-order valence-electron chi connectivity index (χ2n) is 14.6. The summed E-state index contributed by atoms with van der Waals surface area (Å²) in [6.45, 7) is 17.8. The molecule has 3 rings (SSSR count). The topological polar surface area (TPSA) is 110 Å². The lowest BCUT2D eigenvalue weighted by Gasteiger charge is -2.61. The van der Waals surface area contributed by atoms with E-state index < -0.39 is 33.6 Å². The second kappa shape index (κ2) is 15.0. The molecule has 1 aromatic rings. The first-order valence-corrected chi connectivity index (χ1v) is 16.5. The van der Waals surface area contributed by atoms with Gasteiger partial charge in [-0.1, -0.05) is 53.5 Å². The Labute approximate surface area is 281 Å². The monoisotopic (exact) mass is 646 g/mol. The third-order valence-electron chi connectivity index (χ3n) is 10.1. The van der Waals surface area contributed by atoms with Crippen molar-refractivity contribution in [3.8, 4) is 11.5 Å². The summed E-state index contributed by atoms with van der Waals surface area (Å²) in [5.74, 6) is -2.50. The normalized spacial score (nSPS) is 26.3. The number of Topliss-reactive ketones (excluding diaryl/α,β-unsaturated/α-hetero) is 3. The summed E-state index contributed by atoms with van der Waals surface area (Å²) in [6, 6.07) is 4.19. The molecule has 0 amide bonds. The highest BCUT2D eigenvalue weighted by molar-refractivity contribution is 6.41. The predicted molar refractivity (Wildman–Crippen MR) is 187 cm³/mol. The molecule has 2 aliphatic rings. The molecule has 0 unspecified atom stereocenters. The van der Waals surface area contributed by atoms with Gasteiger partial charge in [-0.05, 0) is 123 Å². The van der Waals surface area contributed by atoms with Crippen molar-refractivity contribution in [3.63, 3.8) is 0 Å². The van der Waals surface area contributed by atoms with Gasteiger partial charge in [-0.25, -0.2) is 0 Å². The van der Waals surface area contributed by atoms with Gasteiger partial charge in [-0.2, -0.15) is 0 Å². The Morgan fingerprint density at radius 3 is 2.02 bits per heavy atom. The SMILES string of the molecule is COCOc1ccc(C(O)=C2C(=O)[C@]3(CC=C(C)C)C[C@H](CC=C(C)C)[C@@](C)(CCC=C(C)C)[C@](CC=C(C)C)(C2=O)C3=O)cc1O. The Balaban J connectivity index is 2.47. The summed E-state index contributed by atoms with van der Waals surface area (Å²) in [4.78, 5) is 45.4. The molecule has 47 heavy (non-hydrogen) atoms. The maximum atomic E-state index is 15.3. The number of carbonyl (C=O) groups excluding carboxylic acids is 3. The number of hydrogen-bond acceptors (Lipinski definition) is 7. The van der Waals surface area contributed by atoms with Crippen LogP contribution in [-0.4, -0.2) is 41.5 Å².